The average Bonchev–Trinajstić information content (AvgIpc) is 3.16. The number of carbonyl (C=O) groups excluding carboxylic acids is 1. The summed E-state index contributed by atoms with van der Waals surface area (Å²) in [7, 11) is 0. The maximum absolute atomic E-state index is 12.6. The molecule has 118 valence electrons. The van der Waals surface area contributed by atoms with Gasteiger partial charge in [0.05, 0.1) is 13.2 Å². The first kappa shape index (κ1) is 15.0. The maximum atomic E-state index is 12.6. The second kappa shape index (κ2) is 6.13. The molecule has 0 N–H and O–H groups in total. The number of fused-ring (bicyclic) bond motifs is 1. The van der Waals surface area contributed by atoms with Crippen LogP contribution in [0.15, 0.2) is 24.3 Å². The van der Waals surface area contributed by atoms with E-state index < -0.39 is 0 Å². The molecule has 0 aliphatic carbocycles. The predicted octanol–water partition coefficient (Wildman–Crippen LogP) is 1.93. The standard InChI is InChI=1S/C14H12IN5O2S/c15-10-3-1-9(2-4-10)12-18-20-11(16-17-14(20)23-12)13(21)19-5-7-22-8-6-19/h1-4H,5-8H2. The number of benzene rings is 1. The van der Waals surface area contributed by atoms with E-state index in [1.54, 1.807) is 4.90 Å². The molecule has 1 amide bonds. The Balaban J connectivity index is 1.69. The number of hydrogen-bond donors (Lipinski definition) is 0. The van der Waals surface area contributed by atoms with E-state index >= 15 is 0 Å². The highest BCUT2D eigenvalue weighted by atomic mass is 127. The zero-order valence-corrected chi connectivity index (χ0v) is 15.0. The zero-order valence-electron chi connectivity index (χ0n) is 12.0. The molecule has 0 radical (unpaired) electrons. The molecule has 1 saturated heterocycles. The van der Waals surface area contributed by atoms with Crippen molar-refractivity contribution in [3.05, 3.63) is 33.7 Å². The molecule has 0 saturated carbocycles. The Hall–Kier alpha value is -1.59. The first-order valence-corrected chi connectivity index (χ1v) is 8.97. The molecule has 0 bridgehead atoms. The molecular formula is C14H12IN5O2S. The summed E-state index contributed by atoms with van der Waals surface area (Å²) in [5.74, 6) is 0.107. The summed E-state index contributed by atoms with van der Waals surface area (Å²) in [5, 5.41) is 13.4. The quantitative estimate of drug-likeness (QED) is 0.569. The van der Waals surface area contributed by atoms with Crippen molar-refractivity contribution in [3.8, 4) is 10.6 Å². The lowest BCUT2D eigenvalue weighted by atomic mass is 10.2. The summed E-state index contributed by atoms with van der Waals surface area (Å²) in [5.41, 5.74) is 1.01. The van der Waals surface area contributed by atoms with E-state index in [2.05, 4.69) is 37.9 Å². The Morgan fingerprint density at radius 1 is 1.17 bits per heavy atom. The molecule has 1 aromatic carbocycles. The molecule has 0 spiro atoms. The molecular weight excluding hydrogens is 429 g/mol. The van der Waals surface area contributed by atoms with E-state index in [4.69, 9.17) is 4.74 Å². The van der Waals surface area contributed by atoms with Crippen molar-refractivity contribution in [1.82, 2.24) is 24.7 Å². The molecule has 1 fully saturated rings. The summed E-state index contributed by atoms with van der Waals surface area (Å²) < 4.78 is 7.98. The van der Waals surface area contributed by atoms with Crippen LogP contribution in [-0.4, -0.2) is 56.9 Å². The van der Waals surface area contributed by atoms with Crippen LogP contribution in [-0.2, 0) is 4.74 Å². The molecule has 2 aromatic heterocycles. The van der Waals surface area contributed by atoms with E-state index in [0.29, 0.717) is 31.3 Å². The molecule has 3 heterocycles. The molecule has 23 heavy (non-hydrogen) atoms. The van der Waals surface area contributed by atoms with Gasteiger partial charge in [-0.25, -0.2) is 0 Å². The lowest BCUT2D eigenvalue weighted by molar-refractivity contribution is 0.0293. The Bertz CT molecular complexity index is 854. The molecule has 7 nitrogen and oxygen atoms in total. The third-order valence-electron chi connectivity index (χ3n) is 3.57. The third kappa shape index (κ3) is 2.83. The largest absolute Gasteiger partial charge is 0.378 e. The van der Waals surface area contributed by atoms with E-state index in [-0.39, 0.29) is 11.7 Å². The van der Waals surface area contributed by atoms with Gasteiger partial charge in [0.1, 0.15) is 5.01 Å². The van der Waals surface area contributed by atoms with Crippen molar-refractivity contribution in [1.29, 1.82) is 0 Å². The highest BCUT2D eigenvalue weighted by Crippen LogP contribution is 2.26. The highest BCUT2D eigenvalue weighted by molar-refractivity contribution is 14.1. The van der Waals surface area contributed by atoms with Crippen molar-refractivity contribution in [2.75, 3.05) is 26.3 Å². The van der Waals surface area contributed by atoms with Crippen LogP contribution in [0, 0.1) is 3.57 Å². The van der Waals surface area contributed by atoms with E-state index in [9.17, 15) is 4.79 Å². The minimum absolute atomic E-state index is 0.153. The SMILES string of the molecule is O=C(c1nnc2sc(-c3ccc(I)cc3)nn12)N1CCOCC1. The van der Waals surface area contributed by atoms with Gasteiger partial charge in [0.15, 0.2) is 0 Å². The smallest absolute Gasteiger partial charge is 0.293 e. The Kier molecular flexibility index (Phi) is 3.99. The number of amides is 1. The first-order valence-electron chi connectivity index (χ1n) is 7.07. The second-order valence-electron chi connectivity index (χ2n) is 5.04. The molecule has 1 aliphatic rings. The van der Waals surface area contributed by atoms with Crippen LogP contribution in [0.25, 0.3) is 15.5 Å². The number of carbonyl (C=O) groups is 1. The lowest BCUT2D eigenvalue weighted by Gasteiger charge is -2.25. The van der Waals surface area contributed by atoms with Crippen molar-refractivity contribution >= 4 is 44.8 Å². The topological polar surface area (TPSA) is 72.6 Å². The number of rotatable bonds is 2. The normalized spacial score (nSPS) is 15.3. The average molecular weight is 441 g/mol. The number of ether oxygens (including phenoxy) is 1. The predicted molar refractivity (Wildman–Crippen MR) is 93.5 cm³/mol. The minimum atomic E-state index is -0.153. The summed E-state index contributed by atoms with van der Waals surface area (Å²) >= 11 is 3.68. The van der Waals surface area contributed by atoms with Crippen LogP contribution >= 0.6 is 33.9 Å². The van der Waals surface area contributed by atoms with Crippen molar-refractivity contribution in [3.63, 3.8) is 0 Å². The first-order chi connectivity index (χ1) is 11.2. The van der Waals surface area contributed by atoms with Crippen molar-refractivity contribution in [2.45, 2.75) is 0 Å². The maximum Gasteiger partial charge on any atom is 0.293 e. The highest BCUT2D eigenvalue weighted by Gasteiger charge is 2.25. The summed E-state index contributed by atoms with van der Waals surface area (Å²) in [6.45, 7) is 2.25. The molecule has 1 aliphatic heterocycles. The number of aromatic nitrogens is 4. The summed E-state index contributed by atoms with van der Waals surface area (Å²) in [6, 6.07) is 8.07. The van der Waals surface area contributed by atoms with Gasteiger partial charge < -0.3 is 9.64 Å². The summed E-state index contributed by atoms with van der Waals surface area (Å²) in [6.07, 6.45) is 0. The van der Waals surface area contributed by atoms with E-state index in [1.807, 2.05) is 24.3 Å². The van der Waals surface area contributed by atoms with Gasteiger partial charge in [-0.2, -0.15) is 9.61 Å². The van der Waals surface area contributed by atoms with Crippen LogP contribution in [0.5, 0.6) is 0 Å². The lowest BCUT2D eigenvalue weighted by Crippen LogP contribution is -2.41. The van der Waals surface area contributed by atoms with Gasteiger partial charge in [-0.15, -0.1) is 10.2 Å². The van der Waals surface area contributed by atoms with Gasteiger partial charge in [-0.05, 0) is 34.7 Å². The molecule has 3 aromatic rings. The molecule has 9 heteroatoms. The molecule has 0 unspecified atom stereocenters. The minimum Gasteiger partial charge on any atom is -0.378 e. The fourth-order valence-corrected chi connectivity index (χ4v) is 3.57. The fraction of sp³-hybridized carbons (Fsp3) is 0.286. The fourth-order valence-electron chi connectivity index (χ4n) is 2.37. The van der Waals surface area contributed by atoms with Gasteiger partial charge in [0.2, 0.25) is 10.8 Å². The van der Waals surface area contributed by atoms with Crippen LogP contribution in [0.3, 0.4) is 0 Å². The number of nitrogens with zero attached hydrogens (tertiary/aromatic N) is 5. The summed E-state index contributed by atoms with van der Waals surface area (Å²) in [4.78, 5) is 14.9. The third-order valence-corrected chi connectivity index (χ3v) is 5.24. The van der Waals surface area contributed by atoms with Crippen LogP contribution < -0.4 is 0 Å². The van der Waals surface area contributed by atoms with Gasteiger partial charge in [0.25, 0.3) is 5.91 Å². The molecule has 4 rings (SSSR count). The Labute approximate surface area is 149 Å². The van der Waals surface area contributed by atoms with Crippen molar-refractivity contribution < 1.29 is 9.53 Å². The number of morpholine rings is 1. The van der Waals surface area contributed by atoms with Crippen molar-refractivity contribution in [2.24, 2.45) is 0 Å². The van der Waals surface area contributed by atoms with Gasteiger partial charge in [-0.1, -0.05) is 23.5 Å². The number of hydrogen-bond acceptors (Lipinski definition) is 6. The monoisotopic (exact) mass is 441 g/mol. The Morgan fingerprint density at radius 2 is 1.91 bits per heavy atom. The van der Waals surface area contributed by atoms with E-state index in [1.165, 1.54) is 15.9 Å². The Morgan fingerprint density at radius 3 is 2.65 bits per heavy atom. The number of halogens is 1. The van der Waals surface area contributed by atoms with Crippen LogP contribution in [0.2, 0.25) is 0 Å². The van der Waals surface area contributed by atoms with Crippen LogP contribution in [0.4, 0.5) is 0 Å². The van der Waals surface area contributed by atoms with E-state index in [0.717, 1.165) is 14.1 Å². The molecule has 0 atom stereocenters. The van der Waals surface area contributed by atoms with Crippen LogP contribution in [0.1, 0.15) is 10.6 Å². The zero-order chi connectivity index (χ0) is 15.8. The van der Waals surface area contributed by atoms with Gasteiger partial charge >= 0.3 is 0 Å². The van der Waals surface area contributed by atoms with Gasteiger partial charge in [0, 0.05) is 22.2 Å². The van der Waals surface area contributed by atoms with Gasteiger partial charge in [-0.3, -0.25) is 4.79 Å². The second-order valence-corrected chi connectivity index (χ2v) is 7.24.